The number of ether oxygens (including phenoxy) is 1. The number of rotatable bonds is 8. The molecule has 36 heavy (non-hydrogen) atoms. The van der Waals surface area contributed by atoms with Gasteiger partial charge in [-0.1, -0.05) is 49.2 Å². The van der Waals surface area contributed by atoms with Crippen molar-refractivity contribution in [3.63, 3.8) is 0 Å². The Hall–Kier alpha value is -2.36. The number of likely N-dealkylation sites (tertiary alicyclic amines) is 1. The lowest BCUT2D eigenvalue weighted by atomic mass is 10.0. The maximum absolute atomic E-state index is 12.9. The zero-order chi connectivity index (χ0) is 26.6. The Kier molecular flexibility index (Phi) is 9.24. The minimum Gasteiger partial charge on any atom is -0.383 e. The Morgan fingerprint density at radius 3 is 2.42 bits per heavy atom. The Labute approximate surface area is 216 Å². The molecule has 3 rings (SSSR count). The average molecular weight is 547 g/mol. The van der Waals surface area contributed by atoms with Crippen molar-refractivity contribution >= 4 is 35.1 Å². The molecule has 0 N–H and O–H groups in total. The van der Waals surface area contributed by atoms with Gasteiger partial charge in [-0.3, -0.25) is 9.69 Å². The van der Waals surface area contributed by atoms with Gasteiger partial charge in [0.15, 0.2) is 0 Å². The van der Waals surface area contributed by atoms with Crippen molar-refractivity contribution in [1.29, 1.82) is 0 Å². The van der Waals surface area contributed by atoms with Crippen LogP contribution in [0.4, 0.5) is 13.2 Å². The molecule has 196 valence electrons. The molecule has 0 radical (unpaired) electrons. The highest BCUT2D eigenvalue weighted by molar-refractivity contribution is 6.34. The molecule has 1 aromatic heterocycles. The summed E-state index contributed by atoms with van der Waals surface area (Å²) in [5.41, 5.74) is 0.820. The first-order valence-corrected chi connectivity index (χ1v) is 12.4. The van der Waals surface area contributed by atoms with Crippen LogP contribution >= 0.6 is 23.2 Å². The van der Waals surface area contributed by atoms with Crippen LogP contribution in [0.1, 0.15) is 54.7 Å². The highest BCUT2D eigenvalue weighted by Crippen LogP contribution is 2.28. The zero-order valence-corrected chi connectivity index (χ0v) is 21.4. The lowest BCUT2D eigenvalue weighted by Gasteiger charge is -2.27. The molecule has 0 bridgehead atoms. The van der Waals surface area contributed by atoms with Crippen molar-refractivity contribution in [3.8, 4) is 0 Å². The molecule has 1 atom stereocenters. The standard InChI is InChI=1S/C25H27Cl2F3N2O4/c1-15(2)12-18-4-3-10-31(18)14-21-19(26)13-20(27)22(33)32(21)11-9-16-5-7-17(8-6-16)23(34)36-24(35)25(28,29)30/h5-8,13,15,18H,3-4,9-12,14H2,1-2H3/t18-/m1/s1. The van der Waals surface area contributed by atoms with Crippen molar-refractivity contribution in [1.82, 2.24) is 9.47 Å². The first kappa shape index (κ1) is 28.2. The van der Waals surface area contributed by atoms with Gasteiger partial charge in [-0.15, -0.1) is 0 Å². The van der Waals surface area contributed by atoms with Gasteiger partial charge in [-0.05, 0) is 61.9 Å². The number of nitrogens with zero attached hydrogens (tertiary/aromatic N) is 2. The summed E-state index contributed by atoms with van der Waals surface area (Å²) in [5.74, 6) is -3.43. The summed E-state index contributed by atoms with van der Waals surface area (Å²) in [7, 11) is 0. The van der Waals surface area contributed by atoms with E-state index in [0.29, 0.717) is 41.2 Å². The number of alkyl halides is 3. The molecular formula is C25H27Cl2F3N2O4. The van der Waals surface area contributed by atoms with Gasteiger partial charge in [0.05, 0.1) is 16.3 Å². The lowest BCUT2D eigenvalue weighted by Crippen LogP contribution is -2.34. The van der Waals surface area contributed by atoms with E-state index >= 15 is 0 Å². The van der Waals surface area contributed by atoms with Gasteiger partial charge in [-0.25, -0.2) is 9.59 Å². The molecule has 0 amide bonds. The first-order valence-electron chi connectivity index (χ1n) is 11.6. The fourth-order valence-electron chi connectivity index (χ4n) is 4.39. The van der Waals surface area contributed by atoms with Crippen molar-refractivity contribution in [2.75, 3.05) is 6.54 Å². The number of hydrogen-bond donors (Lipinski definition) is 0. The third kappa shape index (κ3) is 7.11. The van der Waals surface area contributed by atoms with E-state index in [4.69, 9.17) is 23.2 Å². The number of halogens is 5. The maximum atomic E-state index is 12.9. The Bertz CT molecular complexity index is 1160. The molecule has 11 heteroatoms. The third-order valence-electron chi connectivity index (χ3n) is 6.13. The van der Waals surface area contributed by atoms with E-state index in [9.17, 15) is 27.6 Å². The number of carbonyl (C=O) groups excluding carboxylic acids is 2. The maximum Gasteiger partial charge on any atom is 0.491 e. The second-order valence-electron chi connectivity index (χ2n) is 9.26. The summed E-state index contributed by atoms with van der Waals surface area (Å²) in [6.07, 6.45) is -1.66. The SMILES string of the molecule is CC(C)C[C@H]1CCCN1Cc1c(Cl)cc(Cl)c(=O)n1CCc1ccc(C(=O)OC(=O)C(F)(F)F)cc1. The van der Waals surface area contributed by atoms with Gasteiger partial charge in [-0.2, -0.15) is 13.2 Å². The molecule has 1 fully saturated rings. The number of esters is 2. The van der Waals surface area contributed by atoms with Crippen LogP contribution in [-0.4, -0.2) is 40.2 Å². The van der Waals surface area contributed by atoms with Crippen molar-refractivity contribution in [2.24, 2.45) is 5.92 Å². The van der Waals surface area contributed by atoms with Gasteiger partial charge >= 0.3 is 18.1 Å². The van der Waals surface area contributed by atoms with Crippen molar-refractivity contribution in [2.45, 2.75) is 64.8 Å². The molecular weight excluding hydrogens is 520 g/mol. The molecule has 6 nitrogen and oxygen atoms in total. The summed E-state index contributed by atoms with van der Waals surface area (Å²) in [6, 6.07) is 7.44. The molecule has 1 aliphatic rings. The number of aromatic nitrogens is 1. The van der Waals surface area contributed by atoms with E-state index in [-0.39, 0.29) is 22.7 Å². The van der Waals surface area contributed by atoms with Crippen LogP contribution in [0.15, 0.2) is 35.1 Å². The van der Waals surface area contributed by atoms with E-state index < -0.39 is 18.1 Å². The topological polar surface area (TPSA) is 68.6 Å². The number of carbonyl (C=O) groups is 2. The second-order valence-corrected chi connectivity index (χ2v) is 10.1. The Morgan fingerprint density at radius 1 is 1.14 bits per heavy atom. The lowest BCUT2D eigenvalue weighted by molar-refractivity contribution is -0.193. The van der Waals surface area contributed by atoms with Crippen LogP contribution in [0.5, 0.6) is 0 Å². The van der Waals surface area contributed by atoms with Crippen LogP contribution in [-0.2, 0) is 29.0 Å². The number of aryl methyl sites for hydroxylation is 1. The molecule has 1 aliphatic heterocycles. The monoisotopic (exact) mass is 546 g/mol. The van der Waals surface area contributed by atoms with Crippen LogP contribution in [0.3, 0.4) is 0 Å². The fraction of sp³-hybridized carbons (Fsp3) is 0.480. The predicted octanol–water partition coefficient (Wildman–Crippen LogP) is 5.65. The first-order chi connectivity index (χ1) is 16.9. The minimum atomic E-state index is -5.26. The summed E-state index contributed by atoms with van der Waals surface area (Å²) in [4.78, 5) is 37.9. The molecule has 0 spiro atoms. The second kappa shape index (κ2) is 11.8. The minimum absolute atomic E-state index is 0.0105. The van der Waals surface area contributed by atoms with E-state index in [1.807, 2.05) is 0 Å². The quantitative estimate of drug-likeness (QED) is 0.316. The smallest absolute Gasteiger partial charge is 0.383 e. The Balaban J connectivity index is 1.74. The molecule has 0 unspecified atom stereocenters. The molecule has 0 saturated carbocycles. The summed E-state index contributed by atoms with van der Waals surface area (Å²) < 4.78 is 42.3. The van der Waals surface area contributed by atoms with E-state index in [2.05, 4.69) is 23.5 Å². The van der Waals surface area contributed by atoms with Crippen LogP contribution in [0.25, 0.3) is 0 Å². The van der Waals surface area contributed by atoms with E-state index in [0.717, 1.165) is 25.8 Å². The van der Waals surface area contributed by atoms with Crippen molar-refractivity contribution in [3.05, 3.63) is 67.6 Å². The van der Waals surface area contributed by atoms with Crippen LogP contribution in [0, 0.1) is 5.92 Å². The van der Waals surface area contributed by atoms with Gasteiger partial charge in [0.25, 0.3) is 5.56 Å². The normalized spacial score (nSPS) is 16.5. The van der Waals surface area contributed by atoms with Crippen LogP contribution in [0.2, 0.25) is 10.0 Å². The average Bonchev–Trinajstić information content (AvgIpc) is 3.22. The number of hydrogen-bond acceptors (Lipinski definition) is 5. The van der Waals surface area contributed by atoms with Gasteiger partial charge in [0.2, 0.25) is 0 Å². The molecule has 1 saturated heterocycles. The van der Waals surface area contributed by atoms with Crippen LogP contribution < -0.4 is 5.56 Å². The number of benzene rings is 1. The third-order valence-corrected chi connectivity index (χ3v) is 6.73. The summed E-state index contributed by atoms with van der Waals surface area (Å²) >= 11 is 12.6. The molecule has 0 aliphatic carbocycles. The van der Waals surface area contributed by atoms with E-state index in [1.54, 1.807) is 4.57 Å². The number of pyridine rings is 1. The Morgan fingerprint density at radius 2 is 1.81 bits per heavy atom. The zero-order valence-electron chi connectivity index (χ0n) is 19.9. The highest BCUT2D eigenvalue weighted by Gasteiger charge is 2.42. The fourth-order valence-corrected chi connectivity index (χ4v) is 4.93. The summed E-state index contributed by atoms with van der Waals surface area (Å²) in [5, 5.41) is 0.415. The summed E-state index contributed by atoms with van der Waals surface area (Å²) in [6.45, 7) is 6.05. The van der Waals surface area contributed by atoms with Gasteiger partial charge < -0.3 is 9.30 Å². The van der Waals surface area contributed by atoms with Gasteiger partial charge in [0.1, 0.15) is 5.02 Å². The largest absolute Gasteiger partial charge is 0.491 e. The van der Waals surface area contributed by atoms with Gasteiger partial charge in [0, 0.05) is 19.1 Å². The van der Waals surface area contributed by atoms with E-state index in [1.165, 1.54) is 30.3 Å². The van der Waals surface area contributed by atoms with Crippen molar-refractivity contribution < 1.29 is 27.5 Å². The molecule has 2 heterocycles. The molecule has 1 aromatic carbocycles. The predicted molar refractivity (Wildman–Crippen MR) is 130 cm³/mol. The molecule has 2 aromatic rings. The highest BCUT2D eigenvalue weighted by atomic mass is 35.5.